The number of methoxy groups -OCH3 is 1. The molecule has 0 amide bonds. The molecule has 32 heavy (non-hydrogen) atoms. The van der Waals surface area contributed by atoms with Crippen LogP contribution in [0, 0.1) is 17.8 Å². The van der Waals surface area contributed by atoms with Crippen molar-refractivity contribution < 1.29 is 23.9 Å². The van der Waals surface area contributed by atoms with Crippen LogP contribution in [0.2, 0.25) is 0 Å². The number of esters is 1. The van der Waals surface area contributed by atoms with Gasteiger partial charge in [0.2, 0.25) is 0 Å². The molecule has 0 radical (unpaired) electrons. The normalized spacial score (nSPS) is 39.6. The lowest BCUT2D eigenvalue weighted by Gasteiger charge is -2.47. The summed E-state index contributed by atoms with van der Waals surface area (Å²) in [6.45, 7) is 6.86. The monoisotopic (exact) mass is 443 g/mol. The first-order valence-corrected chi connectivity index (χ1v) is 12.3. The van der Waals surface area contributed by atoms with E-state index in [-0.39, 0.29) is 35.2 Å². The molecule has 2 heterocycles. The lowest BCUT2D eigenvalue weighted by Crippen LogP contribution is -2.55. The Morgan fingerprint density at radius 2 is 1.84 bits per heavy atom. The Morgan fingerprint density at radius 3 is 2.59 bits per heavy atom. The second kappa shape index (κ2) is 8.39. The van der Waals surface area contributed by atoms with Crippen LogP contribution in [0.1, 0.15) is 71.3 Å². The van der Waals surface area contributed by atoms with E-state index in [9.17, 15) is 4.79 Å². The van der Waals surface area contributed by atoms with Crippen LogP contribution in [0.5, 0.6) is 0 Å². The summed E-state index contributed by atoms with van der Waals surface area (Å²) in [6, 6.07) is 10.8. The zero-order valence-corrected chi connectivity index (χ0v) is 19.8. The van der Waals surface area contributed by atoms with Crippen LogP contribution in [-0.4, -0.2) is 42.3 Å². The van der Waals surface area contributed by atoms with Crippen molar-refractivity contribution in [2.75, 3.05) is 7.11 Å². The number of hydrogen-bond donors (Lipinski definition) is 0. The van der Waals surface area contributed by atoms with E-state index in [0.29, 0.717) is 11.8 Å². The Bertz CT molecular complexity index is 829. The molecule has 0 bridgehead atoms. The van der Waals surface area contributed by atoms with Gasteiger partial charge in [-0.15, -0.1) is 0 Å². The molecule has 6 nitrogen and oxygen atoms in total. The number of benzene rings is 1. The van der Waals surface area contributed by atoms with Crippen molar-refractivity contribution in [3.8, 4) is 0 Å². The van der Waals surface area contributed by atoms with Crippen molar-refractivity contribution in [1.29, 1.82) is 0 Å². The zero-order chi connectivity index (χ0) is 22.5. The zero-order valence-electron chi connectivity index (χ0n) is 19.8. The predicted octanol–water partition coefficient (Wildman–Crippen LogP) is 4.77. The van der Waals surface area contributed by atoms with E-state index in [1.165, 1.54) is 25.5 Å². The van der Waals surface area contributed by atoms with E-state index in [2.05, 4.69) is 51.1 Å². The first kappa shape index (κ1) is 22.3. The molecule has 0 aromatic heterocycles. The van der Waals surface area contributed by atoms with Gasteiger partial charge in [-0.2, -0.15) is 0 Å². The average Bonchev–Trinajstić information content (AvgIpc) is 3.30. The Kier molecular flexibility index (Phi) is 5.85. The number of rotatable bonds is 5. The summed E-state index contributed by atoms with van der Waals surface area (Å²) in [4.78, 5) is 24.6. The molecule has 5 rings (SSSR count). The number of ether oxygens (including phenoxy) is 2. The lowest BCUT2D eigenvalue weighted by molar-refractivity contribution is -0.463. The van der Waals surface area contributed by atoms with Gasteiger partial charge in [-0.3, -0.25) is 4.84 Å². The number of carbonyl (C=O) groups is 1. The van der Waals surface area contributed by atoms with Crippen LogP contribution >= 0.6 is 0 Å². The molecular formula is C26H37NO5. The molecule has 4 aliphatic rings. The molecule has 1 aromatic rings. The maximum absolute atomic E-state index is 12.3. The Labute approximate surface area is 191 Å². The highest BCUT2D eigenvalue weighted by molar-refractivity contribution is 5.75. The Hall–Kier alpha value is -1.47. The van der Waals surface area contributed by atoms with Crippen molar-refractivity contribution in [1.82, 2.24) is 5.23 Å². The van der Waals surface area contributed by atoms with Gasteiger partial charge in [-0.05, 0) is 55.4 Å². The molecule has 2 saturated carbocycles. The highest BCUT2D eigenvalue weighted by atomic mass is 17.0. The maximum Gasteiger partial charge on any atom is 0.337 e. The molecule has 1 aromatic carbocycles. The van der Waals surface area contributed by atoms with Crippen molar-refractivity contribution in [2.24, 2.45) is 17.8 Å². The summed E-state index contributed by atoms with van der Waals surface area (Å²) in [6.07, 6.45) is 6.69. The van der Waals surface area contributed by atoms with E-state index in [4.69, 9.17) is 19.1 Å². The lowest BCUT2D eigenvalue weighted by atomic mass is 9.66. The second-order valence-electron chi connectivity index (χ2n) is 10.8. The maximum atomic E-state index is 12.3. The summed E-state index contributed by atoms with van der Waals surface area (Å²) in [5, 5.41) is 1.60. The highest BCUT2D eigenvalue weighted by Gasteiger charge is 2.65. The van der Waals surface area contributed by atoms with Crippen molar-refractivity contribution >= 4 is 5.97 Å². The summed E-state index contributed by atoms with van der Waals surface area (Å²) in [5.74, 6) is 0.587. The molecule has 2 aliphatic heterocycles. The van der Waals surface area contributed by atoms with Gasteiger partial charge in [0.1, 0.15) is 0 Å². The SMILES string of the molecule is COC(=O)[C@H]1ON2O[C@@H](O[C@H]3CCCC[C@@H]3C(C)(C)c3ccccc3)C[C@@H]3CC[C@H]1[C@@]32C. The average molecular weight is 444 g/mol. The number of nitrogens with zero attached hydrogens (tertiary/aromatic N) is 1. The molecule has 176 valence electrons. The highest BCUT2D eigenvalue weighted by Crippen LogP contribution is 2.56. The van der Waals surface area contributed by atoms with Gasteiger partial charge in [0.25, 0.3) is 0 Å². The summed E-state index contributed by atoms with van der Waals surface area (Å²) < 4.78 is 11.7. The summed E-state index contributed by atoms with van der Waals surface area (Å²) in [7, 11) is 1.42. The standard InChI is InChI=1S/C26H37NO5/c1-25(2,17-10-6-5-7-11-17)19-12-8-9-13-21(19)30-22-16-18-14-15-20-23(24(28)29-4)32-27(31-22)26(18,20)3/h5-7,10-11,18-23H,8-9,12-16H2,1-4H3/t18-,19-,20+,21-,22+,23-,26+/m0/s1. The van der Waals surface area contributed by atoms with Gasteiger partial charge < -0.3 is 9.47 Å². The Morgan fingerprint density at radius 1 is 1.09 bits per heavy atom. The van der Waals surface area contributed by atoms with E-state index in [1.807, 2.05) is 0 Å². The molecule has 0 N–H and O–H groups in total. The van der Waals surface area contributed by atoms with Crippen LogP contribution in [0.15, 0.2) is 30.3 Å². The van der Waals surface area contributed by atoms with E-state index >= 15 is 0 Å². The van der Waals surface area contributed by atoms with Gasteiger partial charge in [0.05, 0.1) is 18.8 Å². The van der Waals surface area contributed by atoms with Gasteiger partial charge in [-0.25, -0.2) is 9.63 Å². The third kappa shape index (κ3) is 3.51. The fourth-order valence-corrected chi connectivity index (χ4v) is 6.94. The minimum atomic E-state index is -0.590. The fourth-order valence-electron chi connectivity index (χ4n) is 6.94. The number of hydroxylamine groups is 2. The van der Waals surface area contributed by atoms with Gasteiger partial charge >= 0.3 is 5.97 Å². The fraction of sp³-hybridized carbons (Fsp3) is 0.731. The molecule has 0 unspecified atom stereocenters. The molecular weight excluding hydrogens is 406 g/mol. The van der Waals surface area contributed by atoms with Crippen LogP contribution in [0.3, 0.4) is 0 Å². The van der Waals surface area contributed by atoms with Crippen LogP contribution in [0.4, 0.5) is 0 Å². The first-order chi connectivity index (χ1) is 15.4. The number of carbonyl (C=O) groups excluding carboxylic acids is 1. The molecule has 2 aliphatic carbocycles. The predicted molar refractivity (Wildman–Crippen MR) is 119 cm³/mol. The van der Waals surface area contributed by atoms with Crippen LogP contribution in [-0.2, 0) is 29.4 Å². The largest absolute Gasteiger partial charge is 0.467 e. The van der Waals surface area contributed by atoms with E-state index in [1.54, 1.807) is 5.23 Å². The van der Waals surface area contributed by atoms with Crippen LogP contribution in [0.25, 0.3) is 0 Å². The minimum absolute atomic E-state index is 0.0219. The Balaban J connectivity index is 1.33. The third-order valence-corrected chi connectivity index (χ3v) is 8.97. The van der Waals surface area contributed by atoms with Gasteiger partial charge in [-0.1, -0.05) is 62.2 Å². The van der Waals surface area contributed by atoms with Crippen LogP contribution < -0.4 is 0 Å². The number of hydrogen-bond acceptors (Lipinski definition) is 6. The smallest absolute Gasteiger partial charge is 0.337 e. The quantitative estimate of drug-likeness (QED) is 0.611. The van der Waals surface area contributed by atoms with Crippen molar-refractivity contribution in [2.45, 2.75) is 95.2 Å². The first-order valence-electron chi connectivity index (χ1n) is 12.3. The molecule has 7 atom stereocenters. The molecule has 0 spiro atoms. The van der Waals surface area contributed by atoms with Crippen molar-refractivity contribution in [3.05, 3.63) is 35.9 Å². The van der Waals surface area contributed by atoms with Gasteiger partial charge in [0, 0.05) is 12.3 Å². The minimum Gasteiger partial charge on any atom is -0.467 e. The summed E-state index contributed by atoms with van der Waals surface area (Å²) >= 11 is 0. The van der Waals surface area contributed by atoms with Crippen molar-refractivity contribution in [3.63, 3.8) is 0 Å². The third-order valence-electron chi connectivity index (χ3n) is 8.97. The molecule has 2 saturated heterocycles. The van der Waals surface area contributed by atoms with E-state index in [0.717, 1.165) is 32.1 Å². The van der Waals surface area contributed by atoms with E-state index < -0.39 is 6.10 Å². The van der Waals surface area contributed by atoms with Gasteiger partial charge in [0.15, 0.2) is 12.4 Å². The molecule has 6 heteroatoms. The topological polar surface area (TPSA) is 57.2 Å². The summed E-state index contributed by atoms with van der Waals surface area (Å²) in [5.41, 5.74) is 1.09. The molecule has 4 fully saturated rings. The second-order valence-corrected chi connectivity index (χ2v) is 10.8.